The third-order valence-electron chi connectivity index (χ3n) is 5.85. The van der Waals surface area contributed by atoms with Crippen LogP contribution in [0, 0.1) is 19.7 Å². The summed E-state index contributed by atoms with van der Waals surface area (Å²) in [5.41, 5.74) is 3.37. The van der Waals surface area contributed by atoms with Crippen molar-refractivity contribution in [1.82, 2.24) is 9.88 Å². The molecule has 1 N–H and O–H groups in total. The van der Waals surface area contributed by atoms with Gasteiger partial charge in [0.1, 0.15) is 11.6 Å². The van der Waals surface area contributed by atoms with E-state index in [1.165, 1.54) is 18.2 Å². The number of benzene rings is 2. The van der Waals surface area contributed by atoms with Crippen molar-refractivity contribution in [3.8, 4) is 0 Å². The monoisotopic (exact) mass is 432 g/mol. The van der Waals surface area contributed by atoms with E-state index in [0.717, 1.165) is 22.5 Å². The molecule has 0 aliphatic carbocycles. The van der Waals surface area contributed by atoms with E-state index in [1.807, 2.05) is 43.0 Å². The second-order valence-electron chi connectivity index (χ2n) is 7.87. The minimum atomic E-state index is -0.567. The number of amides is 2. The third kappa shape index (κ3) is 4.46. The van der Waals surface area contributed by atoms with Crippen molar-refractivity contribution in [3.63, 3.8) is 0 Å². The van der Waals surface area contributed by atoms with Crippen LogP contribution in [-0.4, -0.2) is 47.9 Å². The molecule has 0 bridgehead atoms. The largest absolute Gasteiger partial charge is 0.353 e. The van der Waals surface area contributed by atoms with Crippen molar-refractivity contribution < 1.29 is 14.0 Å². The molecule has 2 heterocycles. The second kappa shape index (κ2) is 9.18. The minimum absolute atomic E-state index is 0.0128. The fraction of sp³-hybridized carbons (Fsp3) is 0.240. The number of hydrogen-bond acceptors (Lipinski definition) is 4. The van der Waals surface area contributed by atoms with Gasteiger partial charge < -0.3 is 15.1 Å². The van der Waals surface area contributed by atoms with Crippen LogP contribution in [0.15, 0.2) is 60.8 Å². The van der Waals surface area contributed by atoms with Crippen LogP contribution in [0.4, 0.5) is 15.9 Å². The molecular weight excluding hydrogens is 407 g/mol. The molecule has 2 amide bonds. The molecule has 7 heteroatoms. The first-order valence-electron chi connectivity index (χ1n) is 10.6. The number of carbonyl (C=O) groups excluding carboxylic acids is 2. The Morgan fingerprint density at radius 2 is 1.62 bits per heavy atom. The van der Waals surface area contributed by atoms with E-state index in [1.54, 1.807) is 18.3 Å². The van der Waals surface area contributed by atoms with Gasteiger partial charge in [0.05, 0.1) is 17.4 Å². The summed E-state index contributed by atoms with van der Waals surface area (Å²) in [6.07, 6.45) is 1.56. The summed E-state index contributed by atoms with van der Waals surface area (Å²) in [7, 11) is 0. The average Bonchev–Trinajstić information content (AvgIpc) is 2.81. The van der Waals surface area contributed by atoms with Gasteiger partial charge in [-0.3, -0.25) is 9.59 Å². The van der Waals surface area contributed by atoms with Crippen LogP contribution in [0.2, 0.25) is 0 Å². The van der Waals surface area contributed by atoms with E-state index < -0.39 is 11.7 Å². The fourth-order valence-electron chi connectivity index (χ4n) is 3.78. The topological polar surface area (TPSA) is 65.5 Å². The number of aromatic nitrogens is 1. The molecule has 1 saturated heterocycles. The van der Waals surface area contributed by atoms with Crippen LogP contribution in [0.1, 0.15) is 31.8 Å². The van der Waals surface area contributed by atoms with Crippen LogP contribution in [0.3, 0.4) is 0 Å². The Balaban J connectivity index is 1.36. The zero-order valence-corrected chi connectivity index (χ0v) is 18.1. The number of aryl methyl sites for hydroxylation is 1. The van der Waals surface area contributed by atoms with Crippen molar-refractivity contribution in [3.05, 3.63) is 88.9 Å². The molecule has 4 rings (SSSR count). The lowest BCUT2D eigenvalue weighted by Gasteiger charge is -2.35. The zero-order valence-electron chi connectivity index (χ0n) is 18.1. The molecule has 32 heavy (non-hydrogen) atoms. The first-order chi connectivity index (χ1) is 15.4. The predicted octanol–water partition coefficient (Wildman–Crippen LogP) is 4.05. The molecule has 0 atom stereocenters. The lowest BCUT2D eigenvalue weighted by molar-refractivity contribution is 0.0745. The van der Waals surface area contributed by atoms with Crippen LogP contribution >= 0.6 is 0 Å². The molecule has 2 aromatic carbocycles. The highest BCUT2D eigenvalue weighted by atomic mass is 19.1. The van der Waals surface area contributed by atoms with Gasteiger partial charge in [-0.2, -0.15) is 0 Å². The number of nitrogens with zero attached hydrogens (tertiary/aromatic N) is 3. The van der Waals surface area contributed by atoms with Gasteiger partial charge in [-0.25, -0.2) is 9.37 Å². The van der Waals surface area contributed by atoms with Crippen LogP contribution < -0.4 is 10.2 Å². The van der Waals surface area contributed by atoms with Gasteiger partial charge in [0.15, 0.2) is 0 Å². The Morgan fingerprint density at radius 1 is 0.906 bits per heavy atom. The second-order valence-corrected chi connectivity index (χ2v) is 7.87. The molecule has 0 spiro atoms. The SMILES string of the molecule is Cc1cccc(C(=O)N2CCN(c3ccc(NC(=O)c4ccccc4F)cn3)CC2)c1C. The Bertz CT molecular complexity index is 1140. The van der Waals surface area contributed by atoms with Crippen LogP contribution in [-0.2, 0) is 0 Å². The number of pyridine rings is 1. The maximum atomic E-state index is 13.8. The number of piperazine rings is 1. The fourth-order valence-corrected chi connectivity index (χ4v) is 3.78. The number of rotatable bonds is 4. The van der Waals surface area contributed by atoms with Gasteiger partial charge in [-0.1, -0.05) is 24.3 Å². The smallest absolute Gasteiger partial charge is 0.258 e. The minimum Gasteiger partial charge on any atom is -0.353 e. The first kappa shape index (κ1) is 21.5. The molecule has 1 fully saturated rings. The Hall–Kier alpha value is -3.74. The van der Waals surface area contributed by atoms with Crippen LogP contribution in [0.25, 0.3) is 0 Å². The van der Waals surface area contributed by atoms with E-state index in [-0.39, 0.29) is 11.5 Å². The van der Waals surface area contributed by atoms with E-state index in [9.17, 15) is 14.0 Å². The van der Waals surface area contributed by atoms with Crippen molar-refractivity contribution in [2.24, 2.45) is 0 Å². The third-order valence-corrected chi connectivity index (χ3v) is 5.85. The van der Waals surface area contributed by atoms with Crippen molar-refractivity contribution in [2.45, 2.75) is 13.8 Å². The number of nitrogens with one attached hydrogen (secondary N) is 1. The Labute approximate surface area is 186 Å². The van der Waals surface area contributed by atoms with Crippen LogP contribution in [0.5, 0.6) is 0 Å². The van der Waals surface area contributed by atoms with Gasteiger partial charge >= 0.3 is 0 Å². The maximum absolute atomic E-state index is 13.8. The molecule has 0 radical (unpaired) electrons. The normalized spacial score (nSPS) is 13.7. The average molecular weight is 432 g/mol. The highest BCUT2D eigenvalue weighted by Gasteiger charge is 2.24. The van der Waals surface area contributed by atoms with Gasteiger partial charge in [-0.05, 0) is 55.3 Å². The molecule has 1 aliphatic rings. The van der Waals surface area contributed by atoms with E-state index in [4.69, 9.17) is 0 Å². The molecule has 3 aromatic rings. The summed E-state index contributed by atoms with van der Waals surface area (Å²) in [5.74, 6) is -0.253. The quantitative estimate of drug-likeness (QED) is 0.676. The van der Waals surface area contributed by atoms with E-state index >= 15 is 0 Å². The zero-order chi connectivity index (χ0) is 22.7. The molecule has 1 aliphatic heterocycles. The standard InChI is InChI=1S/C25H25FN4O2/c1-17-6-5-8-20(18(17)2)25(32)30-14-12-29(13-15-30)23-11-10-19(16-27-23)28-24(31)21-7-3-4-9-22(21)26/h3-11,16H,12-15H2,1-2H3,(H,28,31). The molecule has 164 valence electrons. The van der Waals surface area contributed by atoms with Crippen molar-refractivity contribution >= 4 is 23.3 Å². The molecule has 0 saturated carbocycles. The summed E-state index contributed by atoms with van der Waals surface area (Å²) < 4.78 is 13.8. The van der Waals surface area contributed by atoms with E-state index in [2.05, 4.69) is 15.2 Å². The molecule has 1 aromatic heterocycles. The highest BCUT2D eigenvalue weighted by molar-refractivity contribution is 6.04. The number of hydrogen-bond donors (Lipinski definition) is 1. The molecule has 6 nitrogen and oxygen atoms in total. The number of anilines is 2. The number of carbonyl (C=O) groups is 2. The summed E-state index contributed by atoms with van der Waals surface area (Å²) >= 11 is 0. The van der Waals surface area contributed by atoms with Gasteiger partial charge in [0, 0.05) is 31.7 Å². The van der Waals surface area contributed by atoms with Gasteiger partial charge in [-0.15, -0.1) is 0 Å². The maximum Gasteiger partial charge on any atom is 0.258 e. The lowest BCUT2D eigenvalue weighted by Crippen LogP contribution is -2.49. The summed E-state index contributed by atoms with van der Waals surface area (Å²) in [6, 6.07) is 15.2. The predicted molar refractivity (Wildman–Crippen MR) is 123 cm³/mol. The summed E-state index contributed by atoms with van der Waals surface area (Å²) in [6.45, 7) is 6.56. The molecule has 0 unspecified atom stereocenters. The molecular formula is C25H25FN4O2. The van der Waals surface area contributed by atoms with Gasteiger partial charge in [0.2, 0.25) is 0 Å². The Morgan fingerprint density at radius 3 is 2.31 bits per heavy atom. The lowest BCUT2D eigenvalue weighted by atomic mass is 10.0. The summed E-state index contributed by atoms with van der Waals surface area (Å²) in [4.78, 5) is 33.6. The highest BCUT2D eigenvalue weighted by Crippen LogP contribution is 2.20. The van der Waals surface area contributed by atoms with E-state index in [0.29, 0.717) is 31.9 Å². The van der Waals surface area contributed by atoms with Crippen molar-refractivity contribution in [1.29, 1.82) is 0 Å². The van der Waals surface area contributed by atoms with Crippen molar-refractivity contribution in [2.75, 3.05) is 36.4 Å². The summed E-state index contributed by atoms with van der Waals surface area (Å²) in [5, 5.41) is 2.67. The first-order valence-corrected chi connectivity index (χ1v) is 10.6. The Kier molecular flexibility index (Phi) is 6.16. The number of halogens is 1. The van der Waals surface area contributed by atoms with Gasteiger partial charge in [0.25, 0.3) is 11.8 Å².